The van der Waals surface area contributed by atoms with Crippen molar-refractivity contribution in [2.24, 2.45) is 5.92 Å². The van der Waals surface area contributed by atoms with E-state index in [0.29, 0.717) is 54.1 Å². The first kappa shape index (κ1) is 22.2. The van der Waals surface area contributed by atoms with Crippen molar-refractivity contribution in [3.63, 3.8) is 0 Å². The number of benzene rings is 1. The fourth-order valence-corrected chi connectivity index (χ4v) is 5.32. The molecule has 168 valence electrons. The number of fused-ring (bicyclic) bond motifs is 1. The third kappa shape index (κ3) is 5.07. The van der Waals surface area contributed by atoms with Gasteiger partial charge in [-0.3, -0.25) is 4.79 Å². The summed E-state index contributed by atoms with van der Waals surface area (Å²) in [7, 11) is 0. The van der Waals surface area contributed by atoms with E-state index in [-0.39, 0.29) is 11.9 Å². The number of carbonyl (C=O) groups excluding carboxylic acids is 2. The molecule has 0 fully saturated rings. The topological polar surface area (TPSA) is 94.3 Å². The molecule has 7 nitrogen and oxygen atoms in total. The molecule has 1 aliphatic rings. The summed E-state index contributed by atoms with van der Waals surface area (Å²) in [5.41, 5.74) is 2.47. The molecule has 1 amide bonds. The van der Waals surface area contributed by atoms with E-state index in [2.05, 4.69) is 22.4 Å². The van der Waals surface area contributed by atoms with Gasteiger partial charge in [0.25, 0.3) is 0 Å². The van der Waals surface area contributed by atoms with Gasteiger partial charge in [-0.15, -0.1) is 11.3 Å². The van der Waals surface area contributed by atoms with Gasteiger partial charge in [0.05, 0.1) is 12.2 Å². The summed E-state index contributed by atoms with van der Waals surface area (Å²) in [6.07, 6.45) is 4.19. The lowest BCUT2D eigenvalue weighted by molar-refractivity contribution is -0.116. The van der Waals surface area contributed by atoms with Gasteiger partial charge in [0.1, 0.15) is 5.00 Å². The standard InChI is InChI=1S/C24H27N3O4S/c1-3-30-24(29)21-17-13-12-15(2)14-18(17)32-23(21)25-19(28)10-7-11-20-26-22(27-31-20)16-8-5-4-6-9-16/h4-6,8-9,15H,3,7,10-14H2,1-2H3,(H,25,28). The molecule has 0 aliphatic heterocycles. The van der Waals surface area contributed by atoms with E-state index in [4.69, 9.17) is 9.26 Å². The average Bonchev–Trinajstić information content (AvgIpc) is 3.38. The highest BCUT2D eigenvalue weighted by atomic mass is 32.1. The Morgan fingerprint density at radius 2 is 2.09 bits per heavy atom. The molecule has 32 heavy (non-hydrogen) atoms. The lowest BCUT2D eigenvalue weighted by Crippen LogP contribution is -2.16. The maximum absolute atomic E-state index is 12.6. The van der Waals surface area contributed by atoms with Crippen molar-refractivity contribution in [3.05, 3.63) is 52.2 Å². The van der Waals surface area contributed by atoms with Gasteiger partial charge in [0, 0.05) is 23.3 Å². The van der Waals surface area contributed by atoms with Crippen LogP contribution >= 0.6 is 11.3 Å². The molecule has 0 bridgehead atoms. The summed E-state index contributed by atoms with van der Waals surface area (Å²) in [5.74, 6) is 1.14. The van der Waals surface area contributed by atoms with Crippen molar-refractivity contribution in [1.82, 2.24) is 10.1 Å². The summed E-state index contributed by atoms with van der Waals surface area (Å²) in [4.78, 5) is 30.8. The Morgan fingerprint density at radius 1 is 1.28 bits per heavy atom. The Morgan fingerprint density at radius 3 is 2.88 bits per heavy atom. The van der Waals surface area contributed by atoms with Gasteiger partial charge in [-0.25, -0.2) is 4.79 Å². The lowest BCUT2D eigenvalue weighted by Gasteiger charge is -2.18. The summed E-state index contributed by atoms with van der Waals surface area (Å²) in [6, 6.07) is 9.61. The maximum Gasteiger partial charge on any atom is 0.341 e. The second-order valence-electron chi connectivity index (χ2n) is 8.06. The summed E-state index contributed by atoms with van der Waals surface area (Å²) in [5, 5.41) is 7.57. The second-order valence-corrected chi connectivity index (χ2v) is 9.16. The molecular formula is C24H27N3O4S. The number of rotatable bonds is 8. The smallest absolute Gasteiger partial charge is 0.341 e. The van der Waals surface area contributed by atoms with Crippen LogP contribution in [-0.4, -0.2) is 28.6 Å². The summed E-state index contributed by atoms with van der Waals surface area (Å²) >= 11 is 1.51. The van der Waals surface area contributed by atoms with Gasteiger partial charge in [-0.1, -0.05) is 42.4 Å². The quantitative estimate of drug-likeness (QED) is 0.479. The number of hydrogen-bond donors (Lipinski definition) is 1. The third-order valence-electron chi connectivity index (χ3n) is 5.54. The van der Waals surface area contributed by atoms with E-state index < -0.39 is 0 Å². The van der Waals surface area contributed by atoms with Gasteiger partial charge in [0.15, 0.2) is 0 Å². The number of esters is 1. The molecule has 0 radical (unpaired) electrons. The van der Waals surface area contributed by atoms with Gasteiger partial charge in [0.2, 0.25) is 17.6 Å². The molecular weight excluding hydrogens is 426 g/mol. The largest absolute Gasteiger partial charge is 0.462 e. The number of nitrogens with zero attached hydrogens (tertiary/aromatic N) is 2. The molecule has 1 N–H and O–H groups in total. The molecule has 0 saturated heterocycles. The Bertz CT molecular complexity index is 1090. The van der Waals surface area contributed by atoms with Gasteiger partial charge >= 0.3 is 5.97 Å². The molecule has 0 spiro atoms. The van der Waals surface area contributed by atoms with E-state index in [0.717, 1.165) is 30.4 Å². The molecule has 1 unspecified atom stereocenters. The number of amides is 1. The zero-order chi connectivity index (χ0) is 22.5. The molecule has 2 heterocycles. The maximum atomic E-state index is 12.6. The van der Waals surface area contributed by atoms with Crippen molar-refractivity contribution in [2.45, 2.75) is 52.4 Å². The first-order valence-corrected chi connectivity index (χ1v) is 11.9. The minimum Gasteiger partial charge on any atom is -0.462 e. The Labute approximate surface area is 191 Å². The molecule has 1 atom stereocenters. The van der Waals surface area contributed by atoms with Crippen molar-refractivity contribution < 1.29 is 18.8 Å². The zero-order valence-corrected chi connectivity index (χ0v) is 19.2. The Balaban J connectivity index is 1.37. The number of anilines is 1. The summed E-state index contributed by atoms with van der Waals surface area (Å²) in [6.45, 7) is 4.31. The third-order valence-corrected chi connectivity index (χ3v) is 6.71. The second kappa shape index (κ2) is 10.1. The van der Waals surface area contributed by atoms with E-state index >= 15 is 0 Å². The first-order chi connectivity index (χ1) is 15.5. The molecule has 0 saturated carbocycles. The molecule has 1 aromatic carbocycles. The molecule has 1 aliphatic carbocycles. The fourth-order valence-electron chi connectivity index (χ4n) is 3.91. The predicted octanol–water partition coefficient (Wildman–Crippen LogP) is 5.06. The molecule has 4 rings (SSSR count). The van der Waals surface area contributed by atoms with Gasteiger partial charge in [-0.05, 0) is 44.1 Å². The normalized spacial score (nSPS) is 15.2. The minimum absolute atomic E-state index is 0.134. The Hall–Kier alpha value is -3.00. The monoisotopic (exact) mass is 453 g/mol. The highest BCUT2D eigenvalue weighted by Crippen LogP contribution is 2.40. The van der Waals surface area contributed by atoms with Crippen LogP contribution in [0.3, 0.4) is 0 Å². The van der Waals surface area contributed by atoms with Crippen LogP contribution in [0.25, 0.3) is 11.4 Å². The van der Waals surface area contributed by atoms with E-state index in [1.54, 1.807) is 6.92 Å². The van der Waals surface area contributed by atoms with E-state index in [1.165, 1.54) is 16.2 Å². The highest BCUT2D eigenvalue weighted by molar-refractivity contribution is 7.17. The van der Waals surface area contributed by atoms with Crippen LogP contribution < -0.4 is 5.32 Å². The van der Waals surface area contributed by atoms with Crippen molar-refractivity contribution in [3.8, 4) is 11.4 Å². The lowest BCUT2D eigenvalue weighted by atomic mass is 9.88. The van der Waals surface area contributed by atoms with Crippen LogP contribution in [0.5, 0.6) is 0 Å². The van der Waals surface area contributed by atoms with Gasteiger partial charge < -0.3 is 14.6 Å². The number of hydrogen-bond acceptors (Lipinski definition) is 7. The number of thiophene rings is 1. The molecule has 8 heteroatoms. The number of nitrogens with one attached hydrogen (secondary N) is 1. The highest BCUT2D eigenvalue weighted by Gasteiger charge is 2.29. The van der Waals surface area contributed by atoms with Crippen LogP contribution in [0.2, 0.25) is 0 Å². The summed E-state index contributed by atoms with van der Waals surface area (Å²) < 4.78 is 10.6. The van der Waals surface area contributed by atoms with Crippen molar-refractivity contribution >= 4 is 28.2 Å². The zero-order valence-electron chi connectivity index (χ0n) is 18.3. The number of aryl methyl sites for hydroxylation is 1. The van der Waals surface area contributed by atoms with Crippen LogP contribution in [0.4, 0.5) is 5.00 Å². The number of aromatic nitrogens is 2. The minimum atomic E-state index is -0.353. The number of carbonyl (C=O) groups is 2. The molecule has 2 aromatic heterocycles. The van der Waals surface area contributed by atoms with E-state index in [1.807, 2.05) is 30.3 Å². The molecule has 3 aromatic rings. The van der Waals surface area contributed by atoms with Crippen LogP contribution in [0, 0.1) is 5.92 Å². The van der Waals surface area contributed by atoms with Crippen LogP contribution in [-0.2, 0) is 28.8 Å². The predicted molar refractivity (Wildman–Crippen MR) is 123 cm³/mol. The van der Waals surface area contributed by atoms with E-state index in [9.17, 15) is 9.59 Å². The SMILES string of the molecule is CCOC(=O)c1c(NC(=O)CCCc2nc(-c3ccccc3)no2)sc2c1CCC(C)C2. The fraction of sp³-hybridized carbons (Fsp3) is 0.417. The first-order valence-electron chi connectivity index (χ1n) is 11.0. The average molecular weight is 454 g/mol. The van der Waals surface area contributed by atoms with Gasteiger partial charge in [-0.2, -0.15) is 4.98 Å². The van der Waals surface area contributed by atoms with Crippen molar-refractivity contribution in [1.29, 1.82) is 0 Å². The number of ether oxygens (including phenoxy) is 1. The van der Waals surface area contributed by atoms with Crippen LogP contribution in [0.15, 0.2) is 34.9 Å². The van der Waals surface area contributed by atoms with Crippen LogP contribution in [0.1, 0.15) is 59.8 Å². The Kier molecular flexibility index (Phi) is 6.99. The van der Waals surface area contributed by atoms with Crippen molar-refractivity contribution in [2.75, 3.05) is 11.9 Å².